The summed E-state index contributed by atoms with van der Waals surface area (Å²) in [6, 6.07) is 4.10. The van der Waals surface area contributed by atoms with Crippen molar-refractivity contribution in [2.75, 3.05) is 11.1 Å². The fourth-order valence-corrected chi connectivity index (χ4v) is 3.39. The van der Waals surface area contributed by atoms with Gasteiger partial charge < -0.3 is 16.4 Å². The summed E-state index contributed by atoms with van der Waals surface area (Å²) in [5.74, 6) is 3.56. The van der Waals surface area contributed by atoms with Gasteiger partial charge in [-0.3, -0.25) is 0 Å². The highest BCUT2D eigenvalue weighted by molar-refractivity contribution is 5.95. The third-order valence-electron chi connectivity index (χ3n) is 5.17. The number of fused-ring (bicyclic) bond motifs is 1. The van der Waals surface area contributed by atoms with Gasteiger partial charge in [-0.2, -0.15) is 18.4 Å². The summed E-state index contributed by atoms with van der Waals surface area (Å²) in [6.07, 6.45) is -2.41. The van der Waals surface area contributed by atoms with Gasteiger partial charge in [-0.15, -0.1) is 0 Å². The van der Waals surface area contributed by atoms with Crippen LogP contribution in [-0.4, -0.2) is 17.2 Å². The topological polar surface area (TPSA) is 104 Å². The minimum atomic E-state index is -4.98. The van der Waals surface area contributed by atoms with Gasteiger partial charge in [0.05, 0.1) is 5.56 Å². The molecule has 0 bridgehead atoms. The number of carbonyl (C=O) groups is 1. The van der Waals surface area contributed by atoms with E-state index in [0.717, 1.165) is 12.1 Å². The van der Waals surface area contributed by atoms with Crippen molar-refractivity contribution in [2.24, 2.45) is 5.92 Å². The van der Waals surface area contributed by atoms with E-state index in [4.69, 9.17) is 5.73 Å². The number of carbonyl (C=O) groups excluding carboxylic acids is 1. The van der Waals surface area contributed by atoms with E-state index >= 15 is 0 Å². The quantitative estimate of drug-likeness (QED) is 0.502. The second-order valence-electron chi connectivity index (χ2n) is 7.38. The number of amides is 2. The number of anilines is 2. The minimum Gasteiger partial charge on any atom is -0.383 e. The maximum Gasteiger partial charge on any atom is 0.427 e. The van der Waals surface area contributed by atoms with Gasteiger partial charge in [-0.1, -0.05) is 11.8 Å². The van der Waals surface area contributed by atoms with E-state index in [1.54, 1.807) is 0 Å². The average molecular weight is 429 g/mol. The third kappa shape index (κ3) is 3.61. The van der Waals surface area contributed by atoms with Gasteiger partial charge in [0.15, 0.2) is 0 Å². The van der Waals surface area contributed by atoms with Crippen molar-refractivity contribution < 1.29 is 22.4 Å². The zero-order valence-electron chi connectivity index (χ0n) is 15.9. The number of nitrogens with one attached hydrogen (secondary N) is 2. The number of nitriles is 1. The van der Waals surface area contributed by atoms with Crippen LogP contribution >= 0.6 is 0 Å². The Kier molecular flexibility index (Phi) is 4.74. The molecule has 2 heterocycles. The highest BCUT2D eigenvalue weighted by Crippen LogP contribution is 2.45. The SMILES string of the molecule is N#Cc1c(Cc2cc3c(cc2F)[C@@](C#CC2CC2)(C(F)(F)F)NC(=O)N3)ccnc1N. The Labute approximate surface area is 174 Å². The lowest BCUT2D eigenvalue weighted by atomic mass is 9.85. The fraction of sp³-hybridized carbons (Fsp3) is 0.286. The predicted octanol–water partition coefficient (Wildman–Crippen LogP) is 3.57. The largest absolute Gasteiger partial charge is 0.427 e. The molecule has 1 aromatic carbocycles. The van der Waals surface area contributed by atoms with Gasteiger partial charge in [0.25, 0.3) is 0 Å². The number of halogens is 4. The molecule has 1 aliphatic carbocycles. The maximum absolute atomic E-state index is 15.0. The smallest absolute Gasteiger partial charge is 0.383 e. The Hall–Kier alpha value is -3.79. The summed E-state index contributed by atoms with van der Waals surface area (Å²) in [6.45, 7) is 0. The first kappa shape index (κ1) is 20.5. The summed E-state index contributed by atoms with van der Waals surface area (Å²) < 4.78 is 57.3. The number of nitrogen functional groups attached to an aromatic ring is 1. The van der Waals surface area contributed by atoms with E-state index < -0.39 is 29.1 Å². The van der Waals surface area contributed by atoms with E-state index in [-0.39, 0.29) is 35.0 Å². The second-order valence-corrected chi connectivity index (χ2v) is 7.38. The Bertz CT molecular complexity index is 1190. The standard InChI is InChI=1S/C21H15F4N5O/c22-16-9-15-17(8-13(16)7-12-4-6-28-18(27)14(12)10-26)29-19(31)30-20(15,21(23,24)25)5-3-11-1-2-11/h4,6,8-9,11H,1-2,7H2,(H2,27,28)(H2,29,30,31)/t20-/m0/s1. The zero-order chi connectivity index (χ0) is 22.4. The molecule has 2 amide bonds. The molecule has 10 heteroatoms. The van der Waals surface area contributed by atoms with Gasteiger partial charge in [-0.05, 0) is 42.2 Å². The van der Waals surface area contributed by atoms with E-state index in [9.17, 15) is 27.6 Å². The van der Waals surface area contributed by atoms with Crippen LogP contribution in [0.25, 0.3) is 0 Å². The number of hydrogen-bond donors (Lipinski definition) is 3. The van der Waals surface area contributed by atoms with Gasteiger partial charge in [-0.25, -0.2) is 14.2 Å². The van der Waals surface area contributed by atoms with Crippen LogP contribution in [0, 0.1) is 34.9 Å². The van der Waals surface area contributed by atoms with Crippen LogP contribution in [0.5, 0.6) is 0 Å². The zero-order valence-corrected chi connectivity index (χ0v) is 15.9. The van der Waals surface area contributed by atoms with Crippen molar-refractivity contribution in [3.05, 3.63) is 52.5 Å². The van der Waals surface area contributed by atoms with Crippen molar-refractivity contribution in [1.29, 1.82) is 5.26 Å². The van der Waals surface area contributed by atoms with Crippen LogP contribution in [0.15, 0.2) is 24.4 Å². The molecule has 1 atom stereocenters. The molecule has 2 aliphatic rings. The molecule has 4 rings (SSSR count). The van der Waals surface area contributed by atoms with E-state index in [1.165, 1.54) is 12.3 Å². The summed E-state index contributed by atoms with van der Waals surface area (Å²) >= 11 is 0. The van der Waals surface area contributed by atoms with Gasteiger partial charge in [0.1, 0.15) is 17.7 Å². The summed E-state index contributed by atoms with van der Waals surface area (Å²) in [7, 11) is 0. The molecule has 1 saturated carbocycles. The highest BCUT2D eigenvalue weighted by Gasteiger charge is 2.59. The molecule has 0 spiro atoms. The number of nitrogens with zero attached hydrogens (tertiary/aromatic N) is 2. The number of nitrogens with two attached hydrogens (primary N) is 1. The van der Waals surface area contributed by atoms with E-state index in [2.05, 4.69) is 22.1 Å². The Morgan fingerprint density at radius 3 is 2.68 bits per heavy atom. The number of hydrogen-bond acceptors (Lipinski definition) is 4. The molecular formula is C21H15F4N5O. The molecule has 4 N–H and O–H groups in total. The lowest BCUT2D eigenvalue weighted by molar-refractivity contribution is -0.178. The molecular weight excluding hydrogens is 414 g/mol. The van der Waals surface area contributed by atoms with Crippen LogP contribution in [0.4, 0.5) is 33.9 Å². The van der Waals surface area contributed by atoms with Crippen LogP contribution in [0.3, 0.4) is 0 Å². The number of aromatic nitrogens is 1. The highest BCUT2D eigenvalue weighted by atomic mass is 19.4. The van der Waals surface area contributed by atoms with Crippen molar-refractivity contribution in [1.82, 2.24) is 10.3 Å². The molecule has 0 saturated heterocycles. The number of urea groups is 1. The lowest BCUT2D eigenvalue weighted by Gasteiger charge is -2.37. The summed E-state index contributed by atoms with van der Waals surface area (Å²) in [5, 5.41) is 13.4. The summed E-state index contributed by atoms with van der Waals surface area (Å²) in [4.78, 5) is 15.9. The molecule has 0 radical (unpaired) electrons. The molecule has 1 fully saturated rings. The Morgan fingerprint density at radius 1 is 1.29 bits per heavy atom. The molecule has 6 nitrogen and oxygen atoms in total. The van der Waals surface area contributed by atoms with Crippen LogP contribution < -0.4 is 16.4 Å². The average Bonchev–Trinajstić information content (AvgIpc) is 3.51. The Morgan fingerprint density at radius 2 is 2.03 bits per heavy atom. The first-order valence-corrected chi connectivity index (χ1v) is 9.29. The van der Waals surface area contributed by atoms with Crippen molar-refractivity contribution in [3.63, 3.8) is 0 Å². The van der Waals surface area contributed by atoms with E-state index in [0.29, 0.717) is 18.4 Å². The van der Waals surface area contributed by atoms with Crippen LogP contribution in [0.2, 0.25) is 0 Å². The monoisotopic (exact) mass is 429 g/mol. The van der Waals surface area contributed by atoms with Crippen molar-refractivity contribution in [3.8, 4) is 17.9 Å². The number of rotatable bonds is 2. The molecule has 158 valence electrons. The van der Waals surface area contributed by atoms with Gasteiger partial charge in [0, 0.05) is 29.8 Å². The third-order valence-corrected chi connectivity index (χ3v) is 5.17. The summed E-state index contributed by atoms with van der Waals surface area (Å²) in [5.41, 5.74) is 2.29. The molecule has 2 aromatic rings. The number of alkyl halides is 3. The first-order chi connectivity index (χ1) is 14.6. The van der Waals surface area contributed by atoms with Crippen molar-refractivity contribution in [2.45, 2.75) is 31.0 Å². The number of benzene rings is 1. The first-order valence-electron chi connectivity index (χ1n) is 9.29. The van der Waals surface area contributed by atoms with Crippen molar-refractivity contribution >= 4 is 17.5 Å². The Balaban J connectivity index is 1.83. The van der Waals surface area contributed by atoms with Gasteiger partial charge in [0.2, 0.25) is 5.54 Å². The lowest BCUT2D eigenvalue weighted by Crippen LogP contribution is -2.59. The van der Waals surface area contributed by atoms with Crippen LogP contribution in [0.1, 0.15) is 35.1 Å². The molecule has 1 aliphatic heterocycles. The fourth-order valence-electron chi connectivity index (χ4n) is 3.39. The molecule has 31 heavy (non-hydrogen) atoms. The van der Waals surface area contributed by atoms with Crippen LogP contribution in [-0.2, 0) is 12.0 Å². The normalized spacial score (nSPS) is 19.9. The molecule has 0 unspecified atom stereocenters. The minimum absolute atomic E-state index is 0.0192. The second kappa shape index (κ2) is 7.17. The predicted molar refractivity (Wildman–Crippen MR) is 103 cm³/mol. The van der Waals surface area contributed by atoms with E-state index in [1.807, 2.05) is 11.4 Å². The van der Waals surface area contributed by atoms with Gasteiger partial charge >= 0.3 is 12.2 Å². The number of pyridine rings is 1. The molecule has 1 aromatic heterocycles. The maximum atomic E-state index is 15.0.